The Morgan fingerprint density at radius 3 is 2.78 bits per heavy atom. The van der Waals surface area contributed by atoms with E-state index in [9.17, 15) is 4.79 Å². The molecule has 1 N–H and O–H groups in total. The molecule has 0 bridgehead atoms. The van der Waals surface area contributed by atoms with Crippen LogP contribution in [0.3, 0.4) is 0 Å². The van der Waals surface area contributed by atoms with Crippen molar-refractivity contribution in [1.82, 2.24) is 9.55 Å². The Morgan fingerprint density at radius 1 is 1.17 bits per heavy atom. The van der Waals surface area contributed by atoms with Gasteiger partial charge in [0.15, 0.2) is 0 Å². The molecule has 4 nitrogen and oxygen atoms in total. The molecule has 0 saturated heterocycles. The van der Waals surface area contributed by atoms with Crippen molar-refractivity contribution in [3.63, 3.8) is 0 Å². The fraction of sp³-hybridized carbons (Fsp3) is 0. The highest BCUT2D eigenvalue weighted by molar-refractivity contribution is 5.89. The molecule has 1 aromatic carbocycles. The van der Waals surface area contributed by atoms with Gasteiger partial charge in [0.05, 0.1) is 16.8 Å². The first kappa shape index (κ1) is 10.5. The van der Waals surface area contributed by atoms with Crippen LogP contribution < -0.4 is 0 Å². The van der Waals surface area contributed by atoms with Crippen LogP contribution in [0.4, 0.5) is 0 Å². The molecule has 0 amide bonds. The highest BCUT2D eigenvalue weighted by Gasteiger charge is 2.08. The first-order valence-electron chi connectivity index (χ1n) is 5.51. The number of carboxylic acid groups (broad SMARTS) is 1. The number of para-hydroxylation sites is 1. The first-order valence-corrected chi connectivity index (χ1v) is 5.51. The molecule has 0 fully saturated rings. The van der Waals surface area contributed by atoms with E-state index in [2.05, 4.69) is 4.98 Å². The van der Waals surface area contributed by atoms with Crippen molar-refractivity contribution in [3.8, 4) is 5.69 Å². The number of carboxylic acids is 1. The Hall–Kier alpha value is -2.62. The maximum atomic E-state index is 10.9. The van der Waals surface area contributed by atoms with E-state index >= 15 is 0 Å². The number of pyridine rings is 1. The Labute approximate surface area is 103 Å². The number of aromatic nitrogens is 2. The third-order valence-electron chi connectivity index (χ3n) is 2.83. The van der Waals surface area contributed by atoms with Gasteiger partial charge in [-0.1, -0.05) is 18.2 Å². The fourth-order valence-electron chi connectivity index (χ4n) is 1.97. The molecular formula is C14H10N2O2. The molecule has 18 heavy (non-hydrogen) atoms. The second-order valence-electron chi connectivity index (χ2n) is 3.96. The van der Waals surface area contributed by atoms with Crippen molar-refractivity contribution in [2.75, 3.05) is 0 Å². The van der Waals surface area contributed by atoms with E-state index in [1.54, 1.807) is 29.2 Å². The molecule has 2 heterocycles. The van der Waals surface area contributed by atoms with E-state index in [0.717, 1.165) is 16.6 Å². The van der Waals surface area contributed by atoms with E-state index in [1.165, 1.54) is 0 Å². The third-order valence-corrected chi connectivity index (χ3v) is 2.83. The van der Waals surface area contributed by atoms with Gasteiger partial charge in [0.25, 0.3) is 0 Å². The Kier molecular flexibility index (Phi) is 2.34. The molecule has 4 heteroatoms. The quantitative estimate of drug-likeness (QED) is 0.746. The highest BCUT2D eigenvalue weighted by atomic mass is 16.4. The summed E-state index contributed by atoms with van der Waals surface area (Å²) in [6.07, 6.45) is 5.05. The third kappa shape index (κ3) is 1.64. The molecule has 2 aromatic heterocycles. The van der Waals surface area contributed by atoms with Crippen LogP contribution in [0.1, 0.15) is 10.4 Å². The minimum Gasteiger partial charge on any atom is -0.478 e. The van der Waals surface area contributed by atoms with Gasteiger partial charge in [-0.25, -0.2) is 4.79 Å². The lowest BCUT2D eigenvalue weighted by molar-refractivity contribution is 0.0697. The van der Waals surface area contributed by atoms with Crippen LogP contribution in [0.2, 0.25) is 0 Å². The molecule has 0 saturated carbocycles. The van der Waals surface area contributed by atoms with Crippen molar-refractivity contribution < 1.29 is 9.90 Å². The van der Waals surface area contributed by atoms with Crippen molar-refractivity contribution in [2.24, 2.45) is 0 Å². The van der Waals surface area contributed by atoms with Gasteiger partial charge in [-0.3, -0.25) is 4.98 Å². The summed E-state index contributed by atoms with van der Waals surface area (Å²) in [6.45, 7) is 0. The van der Waals surface area contributed by atoms with Crippen LogP contribution in [-0.2, 0) is 0 Å². The number of hydrogen-bond acceptors (Lipinski definition) is 2. The van der Waals surface area contributed by atoms with Gasteiger partial charge in [-0.15, -0.1) is 0 Å². The second kappa shape index (κ2) is 4.00. The summed E-state index contributed by atoms with van der Waals surface area (Å²) < 4.78 is 1.78. The zero-order valence-corrected chi connectivity index (χ0v) is 9.45. The minimum absolute atomic E-state index is 0.267. The number of hydrogen-bond donors (Lipinski definition) is 1. The van der Waals surface area contributed by atoms with Gasteiger partial charge in [-0.05, 0) is 18.2 Å². The van der Waals surface area contributed by atoms with Crippen LogP contribution in [0.15, 0.2) is 55.0 Å². The summed E-state index contributed by atoms with van der Waals surface area (Å²) in [4.78, 5) is 15.2. The lowest BCUT2D eigenvalue weighted by atomic mass is 10.2. The number of fused-ring (bicyclic) bond motifs is 1. The Bertz CT molecular complexity index is 726. The molecule has 0 unspecified atom stereocenters. The summed E-state index contributed by atoms with van der Waals surface area (Å²) in [7, 11) is 0. The molecule has 0 aliphatic heterocycles. The van der Waals surface area contributed by atoms with E-state index < -0.39 is 5.97 Å². The molecule has 0 spiro atoms. The molecule has 0 aliphatic rings. The van der Waals surface area contributed by atoms with Gasteiger partial charge in [-0.2, -0.15) is 0 Å². The van der Waals surface area contributed by atoms with Gasteiger partial charge in [0, 0.05) is 24.0 Å². The Balaban J connectivity index is 2.21. The number of benzene rings is 1. The highest BCUT2D eigenvalue weighted by Crippen LogP contribution is 2.20. The number of rotatable bonds is 2. The van der Waals surface area contributed by atoms with Crippen molar-refractivity contribution in [2.45, 2.75) is 0 Å². The lowest BCUT2D eigenvalue weighted by Crippen LogP contribution is -1.95. The van der Waals surface area contributed by atoms with Gasteiger partial charge >= 0.3 is 5.97 Å². The number of carbonyl (C=O) groups is 1. The molecular weight excluding hydrogens is 228 g/mol. The smallest absolute Gasteiger partial charge is 0.337 e. The van der Waals surface area contributed by atoms with Crippen LogP contribution in [0, 0.1) is 0 Å². The van der Waals surface area contributed by atoms with Crippen LogP contribution >= 0.6 is 0 Å². The molecule has 0 aliphatic carbocycles. The maximum Gasteiger partial charge on any atom is 0.337 e. The zero-order chi connectivity index (χ0) is 12.5. The number of nitrogens with zero attached hydrogens (tertiary/aromatic N) is 2. The monoisotopic (exact) mass is 238 g/mol. The summed E-state index contributed by atoms with van der Waals surface area (Å²) in [5.41, 5.74) is 2.00. The molecule has 3 aromatic rings. The summed E-state index contributed by atoms with van der Waals surface area (Å²) >= 11 is 0. The van der Waals surface area contributed by atoms with E-state index in [1.807, 2.05) is 30.3 Å². The largest absolute Gasteiger partial charge is 0.478 e. The normalized spacial score (nSPS) is 10.7. The van der Waals surface area contributed by atoms with Crippen molar-refractivity contribution in [1.29, 1.82) is 0 Å². The maximum absolute atomic E-state index is 10.9. The molecule has 0 radical (unpaired) electrons. The minimum atomic E-state index is -0.929. The molecule has 88 valence electrons. The summed E-state index contributed by atoms with van der Waals surface area (Å²) in [5, 5.41) is 9.96. The topological polar surface area (TPSA) is 55.1 Å². The molecule has 3 rings (SSSR count). The van der Waals surface area contributed by atoms with Crippen molar-refractivity contribution >= 4 is 16.9 Å². The zero-order valence-electron chi connectivity index (χ0n) is 9.45. The standard InChI is InChI=1S/C14H10N2O2/c17-14(18)11-6-8-16(9-11)12-5-1-3-10-4-2-7-15-13(10)12/h1-9H,(H,17,18). The van der Waals surface area contributed by atoms with Crippen LogP contribution in [0.25, 0.3) is 16.6 Å². The van der Waals surface area contributed by atoms with Gasteiger partial charge < -0.3 is 9.67 Å². The van der Waals surface area contributed by atoms with Crippen LogP contribution in [-0.4, -0.2) is 20.6 Å². The SMILES string of the molecule is O=C(O)c1ccn(-c2cccc3cccnc23)c1. The fourth-order valence-corrected chi connectivity index (χ4v) is 1.97. The van der Waals surface area contributed by atoms with Gasteiger partial charge in [0.1, 0.15) is 0 Å². The Morgan fingerprint density at radius 2 is 2.00 bits per heavy atom. The average Bonchev–Trinajstić information content (AvgIpc) is 2.87. The lowest BCUT2D eigenvalue weighted by Gasteiger charge is -2.06. The first-order chi connectivity index (χ1) is 8.75. The predicted octanol–water partition coefficient (Wildman–Crippen LogP) is 2.72. The summed E-state index contributed by atoms with van der Waals surface area (Å²) in [5.74, 6) is -0.929. The second-order valence-corrected chi connectivity index (χ2v) is 3.96. The molecule has 0 atom stereocenters. The van der Waals surface area contributed by atoms with Gasteiger partial charge in [0.2, 0.25) is 0 Å². The van der Waals surface area contributed by atoms with E-state index in [4.69, 9.17) is 5.11 Å². The van der Waals surface area contributed by atoms with Crippen molar-refractivity contribution in [3.05, 3.63) is 60.6 Å². The van der Waals surface area contributed by atoms with Crippen LogP contribution in [0.5, 0.6) is 0 Å². The van der Waals surface area contributed by atoms with E-state index in [-0.39, 0.29) is 5.56 Å². The van der Waals surface area contributed by atoms with E-state index in [0.29, 0.717) is 0 Å². The summed E-state index contributed by atoms with van der Waals surface area (Å²) in [6, 6.07) is 11.3. The average molecular weight is 238 g/mol. The predicted molar refractivity (Wildman–Crippen MR) is 68.0 cm³/mol. The number of aromatic carboxylic acids is 1.